The Kier molecular flexibility index (Phi) is 9.07. The lowest BCUT2D eigenvalue weighted by Gasteiger charge is -2.33. The van der Waals surface area contributed by atoms with Crippen molar-refractivity contribution in [1.29, 1.82) is 0 Å². The maximum atomic E-state index is 5.00. The van der Waals surface area contributed by atoms with Crippen molar-refractivity contribution in [3.05, 3.63) is 271 Å². The van der Waals surface area contributed by atoms with E-state index in [-0.39, 0.29) is 0 Å². The maximum absolute atomic E-state index is 5.00. The highest BCUT2D eigenvalue weighted by molar-refractivity contribution is 6.28. The molecule has 0 saturated heterocycles. The van der Waals surface area contributed by atoms with E-state index in [1.165, 1.54) is 82.4 Å². The van der Waals surface area contributed by atoms with Crippen LogP contribution in [-0.2, 0) is 5.41 Å². The fraction of sp³-hybridized carbons (Fsp3) is 0.0156. The molecular weight excluding hydrogens is 811 g/mol. The van der Waals surface area contributed by atoms with E-state index >= 15 is 0 Å². The molecule has 0 radical (unpaired) electrons. The summed E-state index contributed by atoms with van der Waals surface area (Å²) >= 11 is 0. The van der Waals surface area contributed by atoms with Gasteiger partial charge in [0.05, 0.1) is 5.41 Å². The standard InChI is InChI=1S/C64H41N3/c1-5-18-43(19-6-1)61-65-62(44-20-7-2-8-21-44)67-63(66-61)45-34-32-42(33-35-45)50-29-17-30-54-51-26-13-14-27-52(51)56-40-46(36-38-55(56)60(50)54)47-37-39-59-57(41-47)53-28-15-16-31-58(53)64(59,48-22-9-3-10-23-48)49-24-11-4-12-25-49/h1-41H. The summed E-state index contributed by atoms with van der Waals surface area (Å²) in [6.45, 7) is 0. The molecule has 12 aromatic rings. The zero-order chi connectivity index (χ0) is 44.3. The smallest absolute Gasteiger partial charge is 0.164 e. The van der Waals surface area contributed by atoms with Gasteiger partial charge in [-0.05, 0) is 100 Å². The monoisotopic (exact) mass is 851 g/mol. The molecule has 13 rings (SSSR count). The zero-order valence-corrected chi connectivity index (χ0v) is 36.5. The number of benzene rings is 11. The minimum atomic E-state index is -0.429. The van der Waals surface area contributed by atoms with E-state index in [1.807, 2.05) is 60.7 Å². The number of rotatable bonds is 7. The van der Waals surface area contributed by atoms with Gasteiger partial charge in [0.15, 0.2) is 17.5 Å². The lowest BCUT2D eigenvalue weighted by molar-refractivity contribution is 0.768. The van der Waals surface area contributed by atoms with Crippen molar-refractivity contribution in [3.63, 3.8) is 0 Å². The molecule has 0 spiro atoms. The quantitative estimate of drug-likeness (QED) is 0.150. The minimum Gasteiger partial charge on any atom is -0.208 e. The molecule has 3 heteroatoms. The first kappa shape index (κ1) is 38.6. The summed E-state index contributed by atoms with van der Waals surface area (Å²) in [5.74, 6) is 1.94. The number of nitrogens with zero attached hydrogens (tertiary/aromatic N) is 3. The first-order chi connectivity index (χ1) is 33.2. The summed E-state index contributed by atoms with van der Waals surface area (Å²) in [4.78, 5) is 14.9. The van der Waals surface area contributed by atoms with Crippen LogP contribution in [0.1, 0.15) is 22.3 Å². The average Bonchev–Trinajstić information content (AvgIpc) is 3.72. The number of hydrogen-bond donors (Lipinski definition) is 0. The largest absolute Gasteiger partial charge is 0.208 e. The molecule has 1 aliphatic carbocycles. The van der Waals surface area contributed by atoms with Crippen LogP contribution in [0.5, 0.6) is 0 Å². The second-order valence-electron chi connectivity index (χ2n) is 17.4. The number of hydrogen-bond acceptors (Lipinski definition) is 3. The third kappa shape index (κ3) is 6.24. The van der Waals surface area contributed by atoms with Crippen LogP contribution >= 0.6 is 0 Å². The molecule has 0 aliphatic heterocycles. The SMILES string of the molecule is c1ccc(-c2nc(-c3ccccc3)nc(-c3ccc(-c4cccc5c6ccccc6c6cc(-c7ccc8c(c7)-c7ccccc7C8(c7ccccc7)c7ccccc7)ccc6c45)cc3)n2)cc1. The second-order valence-corrected chi connectivity index (χ2v) is 17.4. The van der Waals surface area contributed by atoms with Gasteiger partial charge in [0.2, 0.25) is 0 Å². The van der Waals surface area contributed by atoms with Gasteiger partial charge < -0.3 is 0 Å². The predicted octanol–water partition coefficient (Wildman–Crippen LogP) is 16.0. The van der Waals surface area contributed by atoms with Crippen LogP contribution in [0.3, 0.4) is 0 Å². The molecule has 67 heavy (non-hydrogen) atoms. The van der Waals surface area contributed by atoms with Gasteiger partial charge in [0.25, 0.3) is 0 Å². The Balaban J connectivity index is 0.946. The highest BCUT2D eigenvalue weighted by Crippen LogP contribution is 2.56. The molecule has 0 atom stereocenters. The molecular formula is C64H41N3. The first-order valence-corrected chi connectivity index (χ1v) is 22.9. The molecule has 3 nitrogen and oxygen atoms in total. The van der Waals surface area contributed by atoms with Crippen LogP contribution in [0.25, 0.3) is 99.9 Å². The van der Waals surface area contributed by atoms with Gasteiger partial charge in [0, 0.05) is 16.7 Å². The molecule has 1 heterocycles. The molecule has 1 aliphatic rings. The van der Waals surface area contributed by atoms with E-state index in [0.29, 0.717) is 17.5 Å². The Morgan fingerprint density at radius 2 is 0.657 bits per heavy atom. The Morgan fingerprint density at radius 3 is 1.28 bits per heavy atom. The van der Waals surface area contributed by atoms with Gasteiger partial charge in [-0.15, -0.1) is 0 Å². The van der Waals surface area contributed by atoms with Crippen LogP contribution in [0.2, 0.25) is 0 Å². The van der Waals surface area contributed by atoms with Gasteiger partial charge >= 0.3 is 0 Å². The van der Waals surface area contributed by atoms with E-state index < -0.39 is 5.41 Å². The van der Waals surface area contributed by atoms with E-state index in [4.69, 9.17) is 15.0 Å². The van der Waals surface area contributed by atoms with Crippen LogP contribution in [0.15, 0.2) is 249 Å². The van der Waals surface area contributed by atoms with Crippen molar-refractivity contribution in [2.24, 2.45) is 0 Å². The zero-order valence-electron chi connectivity index (χ0n) is 36.5. The molecule has 0 N–H and O–H groups in total. The molecule has 0 fully saturated rings. The van der Waals surface area contributed by atoms with E-state index in [2.05, 4.69) is 188 Å². The normalized spacial score (nSPS) is 12.6. The van der Waals surface area contributed by atoms with E-state index in [1.54, 1.807) is 0 Å². The molecule has 11 aromatic carbocycles. The maximum Gasteiger partial charge on any atom is 0.164 e. The van der Waals surface area contributed by atoms with Crippen LogP contribution in [0.4, 0.5) is 0 Å². The summed E-state index contributed by atoms with van der Waals surface area (Å²) in [7, 11) is 0. The lowest BCUT2D eigenvalue weighted by atomic mass is 9.67. The highest BCUT2D eigenvalue weighted by atomic mass is 15.0. The van der Waals surface area contributed by atoms with Crippen LogP contribution < -0.4 is 0 Å². The lowest BCUT2D eigenvalue weighted by Crippen LogP contribution is -2.28. The average molecular weight is 852 g/mol. The Labute approximate surface area is 389 Å². The van der Waals surface area contributed by atoms with Gasteiger partial charge in [-0.25, -0.2) is 15.0 Å². The Morgan fingerprint density at radius 1 is 0.239 bits per heavy atom. The van der Waals surface area contributed by atoms with E-state index in [9.17, 15) is 0 Å². The third-order valence-corrected chi connectivity index (χ3v) is 13.8. The van der Waals surface area contributed by atoms with Crippen molar-refractivity contribution < 1.29 is 0 Å². The third-order valence-electron chi connectivity index (χ3n) is 13.8. The molecule has 0 bridgehead atoms. The summed E-state index contributed by atoms with van der Waals surface area (Å²) in [5, 5.41) is 7.44. The van der Waals surface area contributed by atoms with Gasteiger partial charge in [-0.1, -0.05) is 237 Å². The Bertz CT molecular complexity index is 3730. The Hall–Kier alpha value is -8.79. The summed E-state index contributed by atoms with van der Waals surface area (Å²) in [6, 6.07) is 89.8. The number of aromatic nitrogens is 3. The van der Waals surface area contributed by atoms with Gasteiger partial charge in [-0.2, -0.15) is 0 Å². The topological polar surface area (TPSA) is 38.7 Å². The van der Waals surface area contributed by atoms with Crippen LogP contribution in [0, 0.1) is 0 Å². The van der Waals surface area contributed by atoms with Crippen LogP contribution in [-0.4, -0.2) is 15.0 Å². The number of fused-ring (bicyclic) bond motifs is 9. The molecule has 0 saturated carbocycles. The molecule has 1 aromatic heterocycles. The second kappa shape index (κ2) is 15.7. The minimum absolute atomic E-state index is 0.429. The van der Waals surface area contributed by atoms with Gasteiger partial charge in [-0.3, -0.25) is 0 Å². The molecule has 0 amide bonds. The van der Waals surface area contributed by atoms with Crippen molar-refractivity contribution >= 4 is 32.3 Å². The summed E-state index contributed by atoms with van der Waals surface area (Å²) in [6.07, 6.45) is 0. The fourth-order valence-electron chi connectivity index (χ4n) is 10.8. The van der Waals surface area contributed by atoms with Crippen molar-refractivity contribution in [3.8, 4) is 67.5 Å². The van der Waals surface area contributed by atoms with Crippen molar-refractivity contribution in [2.75, 3.05) is 0 Å². The summed E-state index contributed by atoms with van der Waals surface area (Å²) < 4.78 is 0. The molecule has 312 valence electrons. The summed E-state index contributed by atoms with van der Waals surface area (Å²) in [5.41, 5.74) is 14.9. The van der Waals surface area contributed by atoms with Crippen molar-refractivity contribution in [1.82, 2.24) is 15.0 Å². The van der Waals surface area contributed by atoms with Gasteiger partial charge in [0.1, 0.15) is 0 Å². The molecule has 0 unspecified atom stereocenters. The van der Waals surface area contributed by atoms with Crippen molar-refractivity contribution in [2.45, 2.75) is 5.41 Å². The first-order valence-electron chi connectivity index (χ1n) is 22.9. The highest BCUT2D eigenvalue weighted by Gasteiger charge is 2.46. The van der Waals surface area contributed by atoms with E-state index in [0.717, 1.165) is 22.3 Å². The predicted molar refractivity (Wildman–Crippen MR) is 277 cm³/mol. The fourth-order valence-corrected chi connectivity index (χ4v) is 10.8.